The smallest absolute Gasteiger partial charge is 0.348 e. The summed E-state index contributed by atoms with van der Waals surface area (Å²) in [6, 6.07) is 1.58. The van der Waals surface area contributed by atoms with Crippen molar-refractivity contribution in [3.8, 4) is 6.07 Å². The number of nitrogens with zero attached hydrogens (tertiary/aromatic N) is 1. The van der Waals surface area contributed by atoms with Crippen molar-refractivity contribution in [2.45, 2.75) is 20.3 Å². The third-order valence-electron chi connectivity index (χ3n) is 3.19. The van der Waals surface area contributed by atoms with Crippen molar-refractivity contribution in [3.05, 3.63) is 37.0 Å². The fourth-order valence-corrected chi connectivity index (χ4v) is 1.41. The third kappa shape index (κ3) is 6.92. The molecule has 0 N–H and O–H groups in total. The molecule has 7 heteroatoms. The van der Waals surface area contributed by atoms with Crippen molar-refractivity contribution in [2.24, 2.45) is 5.41 Å². The summed E-state index contributed by atoms with van der Waals surface area (Å²) >= 11 is 0. The van der Waals surface area contributed by atoms with Crippen LogP contribution in [0.5, 0.6) is 0 Å². The zero-order valence-corrected chi connectivity index (χ0v) is 13.9. The number of hydrogen-bond donors (Lipinski definition) is 0. The van der Waals surface area contributed by atoms with E-state index >= 15 is 0 Å². The molecule has 130 valence electrons. The summed E-state index contributed by atoms with van der Waals surface area (Å²) < 4.78 is 15.1. The van der Waals surface area contributed by atoms with Crippen LogP contribution >= 0.6 is 0 Å². The van der Waals surface area contributed by atoms with Crippen LogP contribution in [0.1, 0.15) is 20.3 Å². The standard InChI is InChI=1S/C17H21NO6/c1-6-14(19)22-9-17(7-2,10-23-15(20)12(3)4)11-24-16(21)13(5)8-18/h6H,1,3,5,7,9-11H2,2,4H3. The molecule has 0 aliphatic carbocycles. The lowest BCUT2D eigenvalue weighted by atomic mass is 9.88. The zero-order valence-electron chi connectivity index (χ0n) is 13.9. The van der Waals surface area contributed by atoms with Crippen molar-refractivity contribution >= 4 is 17.9 Å². The topological polar surface area (TPSA) is 103 Å². The lowest BCUT2D eigenvalue weighted by Crippen LogP contribution is -2.39. The molecule has 24 heavy (non-hydrogen) atoms. The average Bonchev–Trinajstić information content (AvgIpc) is 2.59. The van der Waals surface area contributed by atoms with Gasteiger partial charge in [-0.25, -0.2) is 14.4 Å². The predicted octanol–water partition coefficient (Wildman–Crippen LogP) is 1.85. The molecule has 0 rings (SSSR count). The molecule has 0 aromatic heterocycles. The van der Waals surface area contributed by atoms with Crippen molar-refractivity contribution in [2.75, 3.05) is 19.8 Å². The summed E-state index contributed by atoms with van der Waals surface area (Å²) in [6.07, 6.45) is 1.36. The highest BCUT2D eigenvalue weighted by atomic mass is 16.6. The van der Waals surface area contributed by atoms with Crippen LogP contribution in [0.25, 0.3) is 0 Å². The van der Waals surface area contributed by atoms with Crippen molar-refractivity contribution in [1.82, 2.24) is 0 Å². The molecule has 0 saturated carbocycles. The molecule has 0 aliphatic rings. The fraction of sp³-hybridized carbons (Fsp3) is 0.412. The highest BCUT2D eigenvalue weighted by Gasteiger charge is 2.34. The highest BCUT2D eigenvalue weighted by Crippen LogP contribution is 2.25. The van der Waals surface area contributed by atoms with Gasteiger partial charge in [-0.15, -0.1) is 0 Å². The van der Waals surface area contributed by atoms with Gasteiger partial charge < -0.3 is 14.2 Å². The molecular formula is C17H21NO6. The van der Waals surface area contributed by atoms with Gasteiger partial charge in [0.2, 0.25) is 0 Å². The van der Waals surface area contributed by atoms with Crippen LogP contribution in [0.15, 0.2) is 37.0 Å². The molecule has 0 bridgehead atoms. The number of hydrogen-bond acceptors (Lipinski definition) is 7. The summed E-state index contributed by atoms with van der Waals surface area (Å²) in [4.78, 5) is 34.5. The molecular weight excluding hydrogens is 314 g/mol. The molecule has 0 fully saturated rings. The molecule has 0 aliphatic heterocycles. The van der Waals surface area contributed by atoms with Crippen molar-refractivity contribution < 1.29 is 28.6 Å². The van der Waals surface area contributed by atoms with Crippen LogP contribution in [0.4, 0.5) is 0 Å². The largest absolute Gasteiger partial charge is 0.462 e. The summed E-state index contributed by atoms with van der Waals surface area (Å²) in [5, 5.41) is 8.63. The summed E-state index contributed by atoms with van der Waals surface area (Å²) in [7, 11) is 0. The van der Waals surface area contributed by atoms with E-state index in [1.165, 1.54) is 6.92 Å². The Balaban J connectivity index is 5.10. The van der Waals surface area contributed by atoms with E-state index in [1.54, 1.807) is 13.0 Å². The second-order valence-electron chi connectivity index (χ2n) is 5.19. The summed E-state index contributed by atoms with van der Waals surface area (Å²) in [5.41, 5.74) is -1.12. The molecule has 0 amide bonds. The monoisotopic (exact) mass is 335 g/mol. The van der Waals surface area contributed by atoms with Gasteiger partial charge in [-0.3, -0.25) is 0 Å². The van der Waals surface area contributed by atoms with Crippen LogP contribution < -0.4 is 0 Å². The van der Waals surface area contributed by atoms with Gasteiger partial charge in [0.15, 0.2) is 0 Å². The zero-order chi connectivity index (χ0) is 18.8. The number of carbonyl (C=O) groups excluding carboxylic acids is 3. The average molecular weight is 335 g/mol. The molecule has 0 spiro atoms. The molecule has 1 atom stereocenters. The van der Waals surface area contributed by atoms with Crippen LogP contribution in [0.2, 0.25) is 0 Å². The first-order valence-corrected chi connectivity index (χ1v) is 7.09. The van der Waals surface area contributed by atoms with Gasteiger partial charge >= 0.3 is 17.9 Å². The van der Waals surface area contributed by atoms with Crippen LogP contribution in [-0.4, -0.2) is 37.7 Å². The Hall–Kier alpha value is -2.88. The summed E-state index contributed by atoms with van der Waals surface area (Å²) in [6.45, 7) is 12.7. The van der Waals surface area contributed by atoms with Gasteiger partial charge in [-0.2, -0.15) is 5.26 Å². The number of nitriles is 1. The first-order chi connectivity index (χ1) is 11.2. The summed E-state index contributed by atoms with van der Waals surface area (Å²) in [5.74, 6) is -2.17. The minimum absolute atomic E-state index is 0.161. The Morgan fingerprint density at radius 3 is 2.00 bits per heavy atom. The Morgan fingerprint density at radius 1 is 1.08 bits per heavy atom. The minimum atomic E-state index is -0.963. The van der Waals surface area contributed by atoms with E-state index in [1.807, 2.05) is 0 Å². The Bertz CT molecular complexity index is 586. The van der Waals surface area contributed by atoms with E-state index in [9.17, 15) is 14.4 Å². The van der Waals surface area contributed by atoms with Gasteiger partial charge in [-0.05, 0) is 13.3 Å². The molecule has 1 unspecified atom stereocenters. The lowest BCUT2D eigenvalue weighted by molar-refractivity contribution is -0.156. The van der Waals surface area contributed by atoms with Gasteiger partial charge in [0.25, 0.3) is 0 Å². The van der Waals surface area contributed by atoms with E-state index < -0.39 is 23.3 Å². The van der Waals surface area contributed by atoms with E-state index in [-0.39, 0.29) is 31.0 Å². The third-order valence-corrected chi connectivity index (χ3v) is 3.19. The van der Waals surface area contributed by atoms with E-state index in [2.05, 4.69) is 19.7 Å². The Labute approximate surface area is 141 Å². The van der Waals surface area contributed by atoms with E-state index in [4.69, 9.17) is 19.5 Å². The van der Waals surface area contributed by atoms with E-state index in [0.29, 0.717) is 6.42 Å². The maximum absolute atomic E-state index is 11.6. The normalized spacial score (nSPS) is 12.0. The molecule has 0 radical (unpaired) electrons. The second kappa shape index (κ2) is 10.0. The first-order valence-electron chi connectivity index (χ1n) is 7.09. The van der Waals surface area contributed by atoms with E-state index in [0.717, 1.165) is 6.08 Å². The first kappa shape index (κ1) is 21.1. The van der Waals surface area contributed by atoms with Gasteiger partial charge in [0, 0.05) is 11.6 Å². The number of ether oxygens (including phenoxy) is 3. The molecule has 0 heterocycles. The quantitative estimate of drug-likeness (QED) is 0.260. The van der Waals surface area contributed by atoms with Gasteiger partial charge in [0.05, 0.1) is 5.41 Å². The van der Waals surface area contributed by atoms with Crippen LogP contribution in [-0.2, 0) is 28.6 Å². The SMILES string of the molecule is C=CC(=O)OCC(CC)(COC(=O)C(=C)C)COC(=O)C(=C)C#N. The Kier molecular flexibility index (Phi) is 8.80. The minimum Gasteiger partial charge on any atom is -0.462 e. The van der Waals surface area contributed by atoms with Crippen molar-refractivity contribution in [1.29, 1.82) is 5.26 Å². The maximum atomic E-state index is 11.6. The predicted molar refractivity (Wildman–Crippen MR) is 85.4 cm³/mol. The van der Waals surface area contributed by atoms with Gasteiger partial charge in [-0.1, -0.05) is 26.7 Å². The van der Waals surface area contributed by atoms with Crippen LogP contribution in [0.3, 0.4) is 0 Å². The Morgan fingerprint density at radius 2 is 1.58 bits per heavy atom. The molecule has 0 aromatic rings. The maximum Gasteiger partial charge on any atom is 0.348 e. The molecule has 7 nitrogen and oxygen atoms in total. The fourth-order valence-electron chi connectivity index (χ4n) is 1.41. The van der Waals surface area contributed by atoms with Gasteiger partial charge in [0.1, 0.15) is 31.5 Å². The van der Waals surface area contributed by atoms with Crippen molar-refractivity contribution in [3.63, 3.8) is 0 Å². The number of esters is 3. The lowest BCUT2D eigenvalue weighted by Gasteiger charge is -2.30. The number of carbonyl (C=O) groups is 3. The molecule has 0 aromatic carbocycles. The van der Waals surface area contributed by atoms with Crippen LogP contribution in [0, 0.1) is 16.7 Å². The molecule has 0 saturated heterocycles. The second-order valence-corrected chi connectivity index (χ2v) is 5.19. The number of rotatable bonds is 10. The highest BCUT2D eigenvalue weighted by molar-refractivity contribution is 5.91.